The van der Waals surface area contributed by atoms with Crippen molar-refractivity contribution in [2.75, 3.05) is 6.54 Å². The Morgan fingerprint density at radius 1 is 1.60 bits per heavy atom. The fraction of sp³-hybridized carbons (Fsp3) is 0.500. The Labute approximate surface area is 128 Å². The summed E-state index contributed by atoms with van der Waals surface area (Å²) in [4.78, 5) is 21.7. The topological polar surface area (TPSA) is 58.2 Å². The van der Waals surface area contributed by atoms with Crippen molar-refractivity contribution in [3.63, 3.8) is 0 Å². The van der Waals surface area contributed by atoms with Gasteiger partial charge in [-0.25, -0.2) is 0 Å². The quantitative estimate of drug-likeness (QED) is 0.564. The number of H-pyrrole nitrogens is 1. The summed E-state index contributed by atoms with van der Waals surface area (Å²) in [7, 11) is 0. The van der Waals surface area contributed by atoms with Crippen LogP contribution in [0.2, 0.25) is 0 Å². The predicted molar refractivity (Wildman–Crippen MR) is 70.3 cm³/mol. The number of allylic oxidation sites excluding steroid dienone is 1. The van der Waals surface area contributed by atoms with Gasteiger partial charge in [-0.05, 0) is 0 Å². The minimum absolute atomic E-state index is 0.0212. The molecule has 0 aromatic carbocycles. The zero-order chi connectivity index (χ0) is 14.1. The number of hydrogen-bond acceptors (Lipinski definition) is 3. The predicted octanol–water partition coefficient (Wildman–Crippen LogP) is 1.30. The van der Waals surface area contributed by atoms with Crippen molar-refractivity contribution in [1.29, 1.82) is 0 Å². The molecule has 3 rings (SSSR count). The molecule has 1 N–H and O–H groups in total. The average Bonchev–Trinajstić information content (AvgIpc) is 3.21. The molecule has 1 aliphatic heterocycles. The van der Waals surface area contributed by atoms with E-state index >= 15 is 0 Å². The first-order valence-corrected chi connectivity index (χ1v) is 8.34. The van der Waals surface area contributed by atoms with Gasteiger partial charge in [0.1, 0.15) is 0 Å². The van der Waals surface area contributed by atoms with E-state index in [4.69, 9.17) is 4.74 Å². The summed E-state index contributed by atoms with van der Waals surface area (Å²) in [6, 6.07) is 0. The fourth-order valence-corrected chi connectivity index (χ4v) is 3.45. The number of aromatic nitrogens is 2. The Hall–Kier alpha value is -1.22. The summed E-state index contributed by atoms with van der Waals surface area (Å²) in [6.45, 7) is 3.14. The van der Waals surface area contributed by atoms with Crippen molar-refractivity contribution in [2.24, 2.45) is 5.92 Å². The minimum atomic E-state index is -0.0212. The maximum absolute atomic E-state index is 12.5. The summed E-state index contributed by atoms with van der Waals surface area (Å²) < 4.78 is 6.85. The first-order chi connectivity index (χ1) is 9.69. The number of carbonyl (C=O) groups is 1. The standard InChI is InChI=1S/C14H17N3O2.W/c1-2-13(19-8-10-3-4-10)14(18)17-6-5-11-12(7-17)16-9-15-11;/h2,9-10H,3-7H2,1H3,(H,15,16);/b13-2+;. The number of ether oxygens (including phenoxy) is 1. The number of carbonyl (C=O) groups excluding carboxylic acids is 1. The molecule has 1 fully saturated rings. The summed E-state index contributed by atoms with van der Waals surface area (Å²) >= 11 is 1.32. The van der Waals surface area contributed by atoms with Crippen LogP contribution in [0.15, 0.2) is 18.2 Å². The van der Waals surface area contributed by atoms with E-state index in [1.165, 1.54) is 32.2 Å². The number of rotatable bonds is 4. The van der Waals surface area contributed by atoms with Crippen molar-refractivity contribution in [1.82, 2.24) is 14.9 Å². The molecule has 2 aliphatic rings. The second kappa shape index (κ2) is 5.64. The summed E-state index contributed by atoms with van der Waals surface area (Å²) in [5.41, 5.74) is 2.11. The molecule has 6 heteroatoms. The van der Waals surface area contributed by atoms with Crippen LogP contribution >= 0.6 is 0 Å². The van der Waals surface area contributed by atoms with Gasteiger partial charge in [0.15, 0.2) is 0 Å². The van der Waals surface area contributed by atoms with Gasteiger partial charge in [-0.15, -0.1) is 0 Å². The van der Waals surface area contributed by atoms with E-state index in [9.17, 15) is 4.79 Å². The van der Waals surface area contributed by atoms with Gasteiger partial charge in [0, 0.05) is 0 Å². The molecule has 0 saturated heterocycles. The summed E-state index contributed by atoms with van der Waals surface area (Å²) in [6.07, 6.45) is 6.67. The van der Waals surface area contributed by atoms with Gasteiger partial charge in [-0.1, -0.05) is 0 Å². The molecule has 1 aromatic rings. The number of imidazole rings is 1. The molecule has 1 amide bonds. The van der Waals surface area contributed by atoms with Crippen LogP contribution in [0.5, 0.6) is 0 Å². The van der Waals surface area contributed by atoms with Gasteiger partial charge < -0.3 is 0 Å². The Morgan fingerprint density at radius 3 is 3.10 bits per heavy atom. The molecule has 1 saturated carbocycles. The third kappa shape index (κ3) is 2.78. The number of aromatic amines is 1. The molecule has 106 valence electrons. The number of amides is 1. The molecular formula is C14H17N3O2W. The Balaban J connectivity index is 1.67. The Bertz CT molecular complexity index is 575. The molecule has 0 spiro atoms. The van der Waals surface area contributed by atoms with Gasteiger partial charge in [-0.2, -0.15) is 0 Å². The molecule has 5 nitrogen and oxygen atoms in total. The molecular weight excluding hydrogens is 426 g/mol. The third-order valence-corrected chi connectivity index (χ3v) is 5.15. The second-order valence-corrected chi connectivity index (χ2v) is 6.60. The monoisotopic (exact) mass is 443 g/mol. The number of fused-ring (bicyclic) bond motifs is 1. The third-order valence-electron chi connectivity index (χ3n) is 3.66. The van der Waals surface area contributed by atoms with Gasteiger partial charge in [-0.3, -0.25) is 0 Å². The number of nitrogens with one attached hydrogen (secondary N) is 1. The van der Waals surface area contributed by atoms with Crippen LogP contribution < -0.4 is 0 Å². The first kappa shape index (κ1) is 13.7. The van der Waals surface area contributed by atoms with Crippen LogP contribution in [0, 0.1) is 5.92 Å². The average molecular weight is 443 g/mol. The molecule has 0 radical (unpaired) electrons. The zero-order valence-electron chi connectivity index (χ0n) is 11.4. The van der Waals surface area contributed by atoms with Crippen LogP contribution in [0.1, 0.15) is 31.2 Å². The summed E-state index contributed by atoms with van der Waals surface area (Å²) in [5.74, 6) is 1.02. The van der Waals surface area contributed by atoms with Crippen molar-refractivity contribution < 1.29 is 28.9 Å². The van der Waals surface area contributed by atoms with Crippen molar-refractivity contribution in [3.05, 3.63) is 29.6 Å². The van der Waals surface area contributed by atoms with Gasteiger partial charge >= 0.3 is 128 Å². The van der Waals surface area contributed by atoms with Gasteiger partial charge in [0.05, 0.1) is 0 Å². The van der Waals surface area contributed by atoms with Crippen molar-refractivity contribution in [2.45, 2.75) is 32.7 Å². The van der Waals surface area contributed by atoms with E-state index in [1.54, 1.807) is 12.4 Å². The van der Waals surface area contributed by atoms with Crippen LogP contribution in [0.4, 0.5) is 0 Å². The van der Waals surface area contributed by atoms with Crippen molar-refractivity contribution in [3.8, 4) is 0 Å². The van der Waals surface area contributed by atoms with E-state index in [-0.39, 0.29) is 5.91 Å². The molecule has 20 heavy (non-hydrogen) atoms. The Morgan fingerprint density at radius 2 is 2.40 bits per heavy atom. The summed E-state index contributed by atoms with van der Waals surface area (Å²) in [5, 5.41) is 0. The van der Waals surface area contributed by atoms with E-state index in [0.717, 1.165) is 21.9 Å². The second-order valence-electron chi connectivity index (χ2n) is 5.15. The van der Waals surface area contributed by atoms with E-state index in [0.29, 0.717) is 24.8 Å². The zero-order valence-corrected chi connectivity index (χ0v) is 14.3. The Kier molecular flexibility index (Phi) is 3.88. The van der Waals surface area contributed by atoms with Crippen LogP contribution in [0.25, 0.3) is 0 Å². The normalized spacial score (nSPS) is 18.6. The fourth-order valence-electron chi connectivity index (χ4n) is 2.28. The molecule has 0 bridgehead atoms. The molecule has 2 heterocycles. The van der Waals surface area contributed by atoms with Gasteiger partial charge in [0.2, 0.25) is 0 Å². The van der Waals surface area contributed by atoms with Crippen LogP contribution in [-0.4, -0.2) is 31.4 Å². The van der Waals surface area contributed by atoms with Crippen molar-refractivity contribution >= 4 is 9.99 Å². The molecule has 1 aromatic heterocycles. The van der Waals surface area contributed by atoms with E-state index < -0.39 is 0 Å². The molecule has 1 aliphatic carbocycles. The number of nitrogens with zero attached hydrogens (tertiary/aromatic N) is 2. The first-order valence-electron chi connectivity index (χ1n) is 6.87. The molecule has 0 unspecified atom stereocenters. The van der Waals surface area contributed by atoms with Crippen LogP contribution in [-0.2, 0) is 41.9 Å². The van der Waals surface area contributed by atoms with E-state index in [2.05, 4.69) is 9.97 Å². The number of hydrogen-bond donors (Lipinski definition) is 1. The SMILES string of the molecule is C/C=C(/O[C](=[W])C1CC1)C(=O)N1CCc2nc[nH]c2C1. The van der Waals surface area contributed by atoms with Crippen LogP contribution in [0.3, 0.4) is 0 Å². The van der Waals surface area contributed by atoms with Gasteiger partial charge in [0.25, 0.3) is 0 Å². The maximum atomic E-state index is 12.5. The van der Waals surface area contributed by atoms with E-state index in [1.807, 2.05) is 11.8 Å². The molecule has 0 atom stereocenters.